The first-order valence-corrected chi connectivity index (χ1v) is 6.93. The summed E-state index contributed by atoms with van der Waals surface area (Å²) in [7, 11) is 1.81. The largest absolute Gasteiger partial charge is 0.364 e. The smallest absolute Gasteiger partial charge is 0.271 e. The molecule has 2 amide bonds. The summed E-state index contributed by atoms with van der Waals surface area (Å²) in [6.07, 6.45) is 0. The summed E-state index contributed by atoms with van der Waals surface area (Å²) in [6, 6.07) is 10.6. The number of amides is 2. The molecule has 0 spiro atoms. The number of aromatic nitrogens is 2. The van der Waals surface area contributed by atoms with Crippen molar-refractivity contribution in [3.05, 3.63) is 47.8 Å². The zero-order chi connectivity index (χ0) is 16.1. The molecule has 2 aromatic rings. The maximum absolute atomic E-state index is 12.1. The number of para-hydroxylation sites is 1. The van der Waals surface area contributed by atoms with Gasteiger partial charge < -0.3 is 16.4 Å². The number of carbonyl (C=O) groups excluding carboxylic acids is 2. The second kappa shape index (κ2) is 6.86. The van der Waals surface area contributed by atoms with Gasteiger partial charge in [-0.2, -0.15) is 5.10 Å². The van der Waals surface area contributed by atoms with Crippen LogP contribution in [0.25, 0.3) is 5.69 Å². The highest BCUT2D eigenvalue weighted by atomic mass is 16.2. The molecule has 0 saturated heterocycles. The highest BCUT2D eigenvalue weighted by Gasteiger charge is 2.18. The molecule has 1 unspecified atom stereocenters. The molecule has 22 heavy (non-hydrogen) atoms. The normalized spacial score (nSPS) is 11.9. The number of hydrogen-bond acceptors (Lipinski definition) is 4. The summed E-state index contributed by atoms with van der Waals surface area (Å²) < 4.78 is 1.37. The Morgan fingerprint density at radius 3 is 2.59 bits per heavy atom. The summed E-state index contributed by atoms with van der Waals surface area (Å²) in [5, 5.41) is 9.96. The van der Waals surface area contributed by atoms with Crippen LogP contribution < -0.4 is 16.4 Å². The molecule has 0 fully saturated rings. The predicted octanol–water partition coefficient (Wildman–Crippen LogP) is 0.309. The molecule has 1 aromatic carbocycles. The van der Waals surface area contributed by atoms with Crippen LogP contribution in [0.2, 0.25) is 0 Å². The molecule has 0 aliphatic rings. The van der Waals surface area contributed by atoms with E-state index < -0.39 is 5.91 Å². The first-order chi connectivity index (χ1) is 10.5. The summed E-state index contributed by atoms with van der Waals surface area (Å²) >= 11 is 0. The molecule has 116 valence electrons. The van der Waals surface area contributed by atoms with Gasteiger partial charge in [0.15, 0.2) is 5.69 Å². The van der Waals surface area contributed by atoms with Crippen molar-refractivity contribution >= 4 is 11.8 Å². The Balaban J connectivity index is 2.28. The molecule has 2 rings (SSSR count). The van der Waals surface area contributed by atoms with Gasteiger partial charge in [0.2, 0.25) is 0 Å². The number of nitrogens with one attached hydrogen (secondary N) is 2. The van der Waals surface area contributed by atoms with Crippen molar-refractivity contribution in [2.24, 2.45) is 5.73 Å². The summed E-state index contributed by atoms with van der Waals surface area (Å²) in [5.74, 6) is -0.988. The van der Waals surface area contributed by atoms with Crippen molar-refractivity contribution in [3.8, 4) is 5.69 Å². The van der Waals surface area contributed by atoms with Gasteiger partial charge in [-0.3, -0.25) is 9.59 Å². The highest BCUT2D eigenvalue weighted by Crippen LogP contribution is 2.12. The molecule has 1 heterocycles. The van der Waals surface area contributed by atoms with Crippen molar-refractivity contribution in [2.45, 2.75) is 13.0 Å². The molecule has 1 aromatic heterocycles. The van der Waals surface area contributed by atoms with Gasteiger partial charge in [0, 0.05) is 18.7 Å². The van der Waals surface area contributed by atoms with Crippen LogP contribution in [0.3, 0.4) is 0 Å². The van der Waals surface area contributed by atoms with Gasteiger partial charge in [-0.25, -0.2) is 4.68 Å². The fraction of sp³-hybridized carbons (Fsp3) is 0.267. The van der Waals surface area contributed by atoms with E-state index in [2.05, 4.69) is 15.7 Å². The van der Waals surface area contributed by atoms with Gasteiger partial charge in [0.25, 0.3) is 11.8 Å². The topological polar surface area (TPSA) is 102 Å². The SMILES string of the molecule is CNC(C)CNC(=O)c1cc(C(N)=O)n(-c2ccccc2)n1. The fourth-order valence-electron chi connectivity index (χ4n) is 1.87. The first-order valence-electron chi connectivity index (χ1n) is 6.93. The van der Waals surface area contributed by atoms with E-state index in [1.807, 2.05) is 32.2 Å². The Hall–Kier alpha value is -2.67. The van der Waals surface area contributed by atoms with Crippen LogP contribution in [0.4, 0.5) is 0 Å². The van der Waals surface area contributed by atoms with E-state index >= 15 is 0 Å². The number of likely N-dealkylation sites (N-methyl/N-ethyl adjacent to an activating group) is 1. The van der Waals surface area contributed by atoms with Crippen molar-refractivity contribution in [1.29, 1.82) is 0 Å². The first kappa shape index (κ1) is 15.7. The maximum Gasteiger partial charge on any atom is 0.271 e. The van der Waals surface area contributed by atoms with Gasteiger partial charge in [-0.15, -0.1) is 0 Å². The van der Waals surface area contributed by atoms with Gasteiger partial charge in [-0.1, -0.05) is 18.2 Å². The van der Waals surface area contributed by atoms with Crippen molar-refractivity contribution in [2.75, 3.05) is 13.6 Å². The van der Waals surface area contributed by atoms with Gasteiger partial charge >= 0.3 is 0 Å². The zero-order valence-corrected chi connectivity index (χ0v) is 12.5. The highest BCUT2D eigenvalue weighted by molar-refractivity contribution is 5.97. The van der Waals surface area contributed by atoms with E-state index in [1.54, 1.807) is 12.1 Å². The Labute approximate surface area is 128 Å². The molecule has 4 N–H and O–H groups in total. The standard InChI is InChI=1S/C15H19N5O2/c1-10(17-2)9-18-15(22)12-8-13(14(16)21)20(19-12)11-6-4-3-5-7-11/h3-8,10,17H,9H2,1-2H3,(H2,16,21)(H,18,22). The Morgan fingerprint density at radius 2 is 2.00 bits per heavy atom. The molecule has 0 radical (unpaired) electrons. The van der Waals surface area contributed by atoms with E-state index in [0.29, 0.717) is 12.2 Å². The number of rotatable bonds is 6. The zero-order valence-electron chi connectivity index (χ0n) is 12.5. The van der Waals surface area contributed by atoms with Crippen LogP contribution in [-0.2, 0) is 0 Å². The molecule has 7 nitrogen and oxygen atoms in total. The monoisotopic (exact) mass is 301 g/mol. The predicted molar refractivity (Wildman–Crippen MR) is 82.9 cm³/mol. The van der Waals surface area contributed by atoms with Crippen LogP contribution in [0.15, 0.2) is 36.4 Å². The molecule has 0 aliphatic heterocycles. The quantitative estimate of drug-likeness (QED) is 0.714. The minimum Gasteiger partial charge on any atom is -0.364 e. The molecule has 0 saturated carbocycles. The lowest BCUT2D eigenvalue weighted by molar-refractivity contribution is 0.0944. The number of nitrogens with two attached hydrogens (primary N) is 1. The fourth-order valence-corrected chi connectivity index (χ4v) is 1.87. The van der Waals surface area contributed by atoms with Crippen molar-refractivity contribution < 1.29 is 9.59 Å². The lowest BCUT2D eigenvalue weighted by atomic mass is 10.3. The molecular formula is C15H19N5O2. The van der Waals surface area contributed by atoms with Gasteiger partial charge in [0.05, 0.1) is 5.69 Å². The summed E-state index contributed by atoms with van der Waals surface area (Å²) in [5.41, 5.74) is 6.35. The molecular weight excluding hydrogens is 282 g/mol. The molecule has 0 aliphatic carbocycles. The van der Waals surface area contributed by atoms with E-state index in [1.165, 1.54) is 10.7 Å². The van der Waals surface area contributed by atoms with E-state index in [9.17, 15) is 9.59 Å². The van der Waals surface area contributed by atoms with Gasteiger partial charge in [0.1, 0.15) is 5.69 Å². The lowest BCUT2D eigenvalue weighted by Gasteiger charge is -2.10. The van der Waals surface area contributed by atoms with Crippen LogP contribution in [0, 0.1) is 0 Å². The minimum absolute atomic E-state index is 0.135. The van der Waals surface area contributed by atoms with Gasteiger partial charge in [-0.05, 0) is 26.1 Å². The number of primary amides is 1. The minimum atomic E-state index is -0.640. The average Bonchev–Trinajstić information content (AvgIpc) is 2.98. The number of nitrogens with zero attached hydrogens (tertiary/aromatic N) is 2. The van der Waals surface area contributed by atoms with Crippen molar-refractivity contribution in [1.82, 2.24) is 20.4 Å². The molecule has 7 heteroatoms. The van der Waals surface area contributed by atoms with Crippen LogP contribution in [0.1, 0.15) is 27.9 Å². The number of hydrogen-bond donors (Lipinski definition) is 3. The van der Waals surface area contributed by atoms with Crippen molar-refractivity contribution in [3.63, 3.8) is 0 Å². The summed E-state index contributed by atoms with van der Waals surface area (Å²) in [4.78, 5) is 23.7. The second-order valence-electron chi connectivity index (χ2n) is 4.93. The Morgan fingerprint density at radius 1 is 1.32 bits per heavy atom. The number of benzene rings is 1. The van der Waals surface area contributed by atoms with Crippen LogP contribution in [-0.4, -0.2) is 41.2 Å². The van der Waals surface area contributed by atoms with E-state index in [4.69, 9.17) is 5.73 Å². The third kappa shape index (κ3) is 3.50. The molecule has 0 bridgehead atoms. The Kier molecular flexibility index (Phi) is 4.90. The van der Waals surface area contributed by atoms with E-state index in [-0.39, 0.29) is 23.3 Å². The molecule has 1 atom stereocenters. The third-order valence-electron chi connectivity index (χ3n) is 3.26. The van der Waals surface area contributed by atoms with E-state index in [0.717, 1.165) is 0 Å². The number of carbonyl (C=O) groups is 2. The average molecular weight is 301 g/mol. The third-order valence-corrected chi connectivity index (χ3v) is 3.26. The van der Waals surface area contributed by atoms with Crippen LogP contribution >= 0.6 is 0 Å². The second-order valence-corrected chi connectivity index (χ2v) is 4.93. The lowest BCUT2D eigenvalue weighted by Crippen LogP contribution is -2.37. The summed E-state index contributed by atoms with van der Waals surface area (Å²) in [6.45, 7) is 2.40. The Bertz CT molecular complexity index is 666. The maximum atomic E-state index is 12.1. The van der Waals surface area contributed by atoms with Crippen LogP contribution in [0.5, 0.6) is 0 Å².